The highest BCUT2D eigenvalue weighted by Gasteiger charge is 2.27. The van der Waals surface area contributed by atoms with Gasteiger partial charge in [-0.25, -0.2) is 0 Å². The van der Waals surface area contributed by atoms with Crippen LogP contribution in [0.5, 0.6) is 5.75 Å². The zero-order valence-electron chi connectivity index (χ0n) is 11.9. The maximum absolute atomic E-state index is 12.6. The fourth-order valence-corrected chi connectivity index (χ4v) is 2.40. The molecule has 1 saturated heterocycles. The molecule has 1 aromatic rings. The van der Waals surface area contributed by atoms with Crippen molar-refractivity contribution in [3.05, 3.63) is 29.8 Å². The summed E-state index contributed by atoms with van der Waals surface area (Å²) in [6, 6.07) is 7.35. The van der Waals surface area contributed by atoms with Crippen molar-refractivity contribution in [1.29, 1.82) is 0 Å². The lowest BCUT2D eigenvalue weighted by molar-refractivity contribution is 0.0716. The van der Waals surface area contributed by atoms with Crippen molar-refractivity contribution in [2.75, 3.05) is 33.3 Å². The number of ether oxygens (including phenoxy) is 1. The number of benzene rings is 1. The minimum atomic E-state index is 0.0793. The molecule has 0 bridgehead atoms. The summed E-state index contributed by atoms with van der Waals surface area (Å²) < 4.78 is 5.17. The Morgan fingerprint density at radius 3 is 2.95 bits per heavy atom. The molecule has 1 heterocycles. The van der Waals surface area contributed by atoms with Gasteiger partial charge in [0.2, 0.25) is 0 Å². The smallest absolute Gasteiger partial charge is 0.254 e. The van der Waals surface area contributed by atoms with Crippen LogP contribution in [0.2, 0.25) is 0 Å². The van der Waals surface area contributed by atoms with Gasteiger partial charge in [0, 0.05) is 31.7 Å². The third kappa shape index (κ3) is 3.47. The first kappa shape index (κ1) is 13.9. The van der Waals surface area contributed by atoms with Crippen molar-refractivity contribution >= 4 is 5.91 Å². The van der Waals surface area contributed by atoms with Gasteiger partial charge in [-0.3, -0.25) is 4.79 Å². The monoisotopic (exact) mass is 262 g/mol. The molecule has 0 atom stereocenters. The van der Waals surface area contributed by atoms with E-state index in [0.717, 1.165) is 31.9 Å². The average Bonchev–Trinajstić information content (AvgIpc) is 2.59. The standard InChI is InChI=1S/C15H22N2O2/c1-15(2)10-16-7-8-17(11-15)14(18)12-5-4-6-13(9-12)19-3/h4-6,9,16H,7-8,10-11H2,1-3H3. The van der Waals surface area contributed by atoms with Gasteiger partial charge in [0.1, 0.15) is 5.75 Å². The Hall–Kier alpha value is -1.55. The molecule has 1 aliphatic rings. The van der Waals surface area contributed by atoms with Gasteiger partial charge in [-0.05, 0) is 23.6 Å². The van der Waals surface area contributed by atoms with E-state index in [1.54, 1.807) is 13.2 Å². The number of nitrogens with one attached hydrogen (secondary N) is 1. The normalized spacial score (nSPS) is 18.8. The van der Waals surface area contributed by atoms with Crippen molar-refractivity contribution in [2.45, 2.75) is 13.8 Å². The maximum Gasteiger partial charge on any atom is 0.254 e. The summed E-state index contributed by atoms with van der Waals surface area (Å²) in [5.74, 6) is 0.800. The van der Waals surface area contributed by atoms with Gasteiger partial charge in [0.15, 0.2) is 0 Å². The molecule has 1 aliphatic heterocycles. The molecular formula is C15H22N2O2. The minimum absolute atomic E-state index is 0.0793. The minimum Gasteiger partial charge on any atom is -0.497 e. The first-order chi connectivity index (χ1) is 9.02. The predicted octanol–water partition coefficient (Wildman–Crippen LogP) is 1.77. The predicted molar refractivity (Wildman–Crippen MR) is 75.5 cm³/mol. The fourth-order valence-electron chi connectivity index (χ4n) is 2.40. The number of carbonyl (C=O) groups is 1. The van der Waals surface area contributed by atoms with Crippen LogP contribution in [-0.4, -0.2) is 44.1 Å². The van der Waals surface area contributed by atoms with Crippen LogP contribution in [-0.2, 0) is 0 Å². The highest BCUT2D eigenvalue weighted by molar-refractivity contribution is 5.94. The number of hydrogen-bond acceptors (Lipinski definition) is 3. The Labute approximate surface area is 114 Å². The van der Waals surface area contributed by atoms with Gasteiger partial charge in [0.25, 0.3) is 5.91 Å². The van der Waals surface area contributed by atoms with Gasteiger partial charge in [-0.2, -0.15) is 0 Å². The molecule has 2 rings (SSSR count). The van der Waals surface area contributed by atoms with E-state index in [4.69, 9.17) is 4.74 Å². The van der Waals surface area contributed by atoms with Crippen LogP contribution in [0.3, 0.4) is 0 Å². The van der Waals surface area contributed by atoms with Crippen molar-refractivity contribution in [3.8, 4) is 5.75 Å². The Balaban J connectivity index is 2.17. The third-order valence-electron chi connectivity index (χ3n) is 3.38. The number of hydrogen-bond donors (Lipinski definition) is 1. The molecule has 1 amide bonds. The Morgan fingerprint density at radius 1 is 1.42 bits per heavy atom. The van der Waals surface area contributed by atoms with Gasteiger partial charge in [-0.15, -0.1) is 0 Å². The van der Waals surface area contributed by atoms with Crippen LogP contribution >= 0.6 is 0 Å². The quantitative estimate of drug-likeness (QED) is 0.883. The molecule has 104 valence electrons. The Bertz CT molecular complexity index is 457. The lowest BCUT2D eigenvalue weighted by Gasteiger charge is -2.29. The van der Waals surface area contributed by atoms with E-state index >= 15 is 0 Å². The zero-order chi connectivity index (χ0) is 13.9. The second-order valence-electron chi connectivity index (χ2n) is 5.80. The Kier molecular flexibility index (Phi) is 4.10. The van der Waals surface area contributed by atoms with Crippen LogP contribution in [0.15, 0.2) is 24.3 Å². The number of rotatable bonds is 2. The molecule has 0 spiro atoms. The van der Waals surface area contributed by atoms with Gasteiger partial charge < -0.3 is 15.0 Å². The second kappa shape index (κ2) is 5.61. The summed E-state index contributed by atoms with van der Waals surface area (Å²) in [6.07, 6.45) is 0. The molecule has 0 unspecified atom stereocenters. The lowest BCUT2D eigenvalue weighted by Crippen LogP contribution is -2.39. The molecule has 0 saturated carbocycles. The molecule has 19 heavy (non-hydrogen) atoms. The summed E-state index contributed by atoms with van der Waals surface area (Å²) in [5, 5.41) is 3.38. The molecular weight excluding hydrogens is 240 g/mol. The van der Waals surface area contributed by atoms with E-state index in [1.807, 2.05) is 23.1 Å². The molecule has 0 radical (unpaired) electrons. The number of amides is 1. The maximum atomic E-state index is 12.6. The van der Waals surface area contributed by atoms with Crippen LogP contribution in [0, 0.1) is 5.41 Å². The zero-order valence-corrected chi connectivity index (χ0v) is 11.9. The summed E-state index contributed by atoms with van der Waals surface area (Å²) in [6.45, 7) is 7.66. The van der Waals surface area contributed by atoms with Crippen LogP contribution in [0.25, 0.3) is 0 Å². The SMILES string of the molecule is COc1cccc(C(=O)N2CCNCC(C)(C)C2)c1. The summed E-state index contributed by atoms with van der Waals surface area (Å²) in [7, 11) is 1.61. The highest BCUT2D eigenvalue weighted by atomic mass is 16.5. The first-order valence-corrected chi connectivity index (χ1v) is 6.66. The molecule has 4 heteroatoms. The van der Waals surface area contributed by atoms with Gasteiger partial charge in [0.05, 0.1) is 7.11 Å². The summed E-state index contributed by atoms with van der Waals surface area (Å²) in [5.41, 5.74) is 0.794. The number of carbonyl (C=O) groups excluding carboxylic acids is 1. The molecule has 0 aromatic heterocycles. The van der Waals surface area contributed by atoms with Crippen LogP contribution < -0.4 is 10.1 Å². The first-order valence-electron chi connectivity index (χ1n) is 6.66. The largest absolute Gasteiger partial charge is 0.497 e. The third-order valence-corrected chi connectivity index (χ3v) is 3.38. The fraction of sp³-hybridized carbons (Fsp3) is 0.533. The van der Waals surface area contributed by atoms with E-state index in [1.165, 1.54) is 0 Å². The van der Waals surface area contributed by atoms with Gasteiger partial charge in [-0.1, -0.05) is 19.9 Å². The van der Waals surface area contributed by atoms with Crippen molar-refractivity contribution in [1.82, 2.24) is 10.2 Å². The summed E-state index contributed by atoms with van der Waals surface area (Å²) in [4.78, 5) is 14.5. The molecule has 1 N–H and O–H groups in total. The van der Waals surface area contributed by atoms with E-state index in [-0.39, 0.29) is 11.3 Å². The second-order valence-corrected chi connectivity index (χ2v) is 5.80. The van der Waals surface area contributed by atoms with E-state index in [0.29, 0.717) is 5.56 Å². The van der Waals surface area contributed by atoms with E-state index in [9.17, 15) is 4.79 Å². The van der Waals surface area contributed by atoms with E-state index in [2.05, 4.69) is 19.2 Å². The lowest BCUT2D eigenvalue weighted by atomic mass is 9.93. The molecule has 4 nitrogen and oxygen atoms in total. The topological polar surface area (TPSA) is 41.6 Å². The highest BCUT2D eigenvalue weighted by Crippen LogP contribution is 2.20. The van der Waals surface area contributed by atoms with Crippen molar-refractivity contribution in [2.24, 2.45) is 5.41 Å². The molecule has 0 aliphatic carbocycles. The Morgan fingerprint density at radius 2 is 2.21 bits per heavy atom. The number of nitrogens with zero attached hydrogens (tertiary/aromatic N) is 1. The van der Waals surface area contributed by atoms with Crippen LogP contribution in [0.1, 0.15) is 24.2 Å². The molecule has 1 aromatic carbocycles. The summed E-state index contributed by atoms with van der Waals surface area (Å²) >= 11 is 0. The molecule has 1 fully saturated rings. The number of methoxy groups -OCH3 is 1. The van der Waals surface area contributed by atoms with Gasteiger partial charge >= 0.3 is 0 Å². The van der Waals surface area contributed by atoms with Crippen LogP contribution in [0.4, 0.5) is 0 Å². The van der Waals surface area contributed by atoms with Crippen molar-refractivity contribution in [3.63, 3.8) is 0 Å². The van der Waals surface area contributed by atoms with Crippen molar-refractivity contribution < 1.29 is 9.53 Å². The average molecular weight is 262 g/mol. The van der Waals surface area contributed by atoms with E-state index < -0.39 is 0 Å².